The van der Waals surface area contributed by atoms with E-state index in [1.54, 1.807) is 30.3 Å². The Morgan fingerprint density at radius 1 is 0.803 bits per heavy atom. The molecule has 71 heavy (non-hydrogen) atoms. The van der Waals surface area contributed by atoms with Gasteiger partial charge in [0.2, 0.25) is 47.3 Å². The SMILES string of the molecule is C[C@@H](O)[C@H](NC(=O)[C@H](Cc1cnc[nH]1)NC(=O)[C@H](CO)NC(=O)[C@@H](N)CO)C(=O)N[C@@H](CCCN=C(N)N)C(=O)N1CCC[C@H]1C(=O)NCC(=O)N[C@@H](CC(=O)O)C(=O)N[C@@H](Cc1ccccc1)C(=O)O. The molecule has 0 spiro atoms. The van der Waals surface area contributed by atoms with Crippen LogP contribution in [0.25, 0.3) is 0 Å². The van der Waals surface area contributed by atoms with Crippen molar-refractivity contribution < 1.29 is 73.5 Å². The molecule has 0 unspecified atom stereocenters. The van der Waals surface area contributed by atoms with Gasteiger partial charge in [-0.1, -0.05) is 30.3 Å². The molecule has 8 amide bonds. The van der Waals surface area contributed by atoms with E-state index in [0.29, 0.717) is 11.3 Å². The standard InChI is InChI=1S/C42H62N14O15/c1-21(59)33(55-36(65)26(14-23-16-46-20-49-23)52-37(66)29(19-58)54-34(63)24(43)18-57)39(68)51-25(9-5-11-47-42(44)45)40(69)56-12-6-10-30(56)38(67)48-17-31(60)50-27(15-32(61)62)35(64)53-28(41(70)71)13-22-7-3-2-4-8-22/h2-4,7-8,16,20-21,24-30,33,57-59H,5-6,9-15,17-19,43H2,1H3,(H,46,49)(H,48,67)(H,50,60)(H,51,68)(H,52,66)(H,53,64)(H,54,63)(H,55,65)(H,61,62)(H,70,71)(H4,44,45,47)/t21-,24+,25+,26+,27+,28+,29+,30+,33+/m1/s1. The Bertz CT molecular complexity index is 2190. The van der Waals surface area contributed by atoms with Crippen LogP contribution < -0.4 is 54.4 Å². The van der Waals surface area contributed by atoms with E-state index < -0.39 is 140 Å². The van der Waals surface area contributed by atoms with Crippen LogP contribution in [0.1, 0.15) is 50.3 Å². The zero-order valence-electron chi connectivity index (χ0n) is 38.6. The molecule has 9 atom stereocenters. The van der Waals surface area contributed by atoms with Gasteiger partial charge in [-0.3, -0.25) is 48.1 Å². The quantitative estimate of drug-likeness (QED) is 0.0204. The first-order valence-electron chi connectivity index (χ1n) is 22.2. The number of carbonyl (C=O) groups is 10. The van der Waals surface area contributed by atoms with Gasteiger partial charge < -0.3 is 89.8 Å². The molecule has 0 aliphatic carbocycles. The summed E-state index contributed by atoms with van der Waals surface area (Å²) in [5, 5.41) is 65.0. The van der Waals surface area contributed by atoms with Gasteiger partial charge in [0.25, 0.3) is 0 Å². The van der Waals surface area contributed by atoms with Crippen molar-refractivity contribution in [3.8, 4) is 0 Å². The Labute approximate surface area is 405 Å². The van der Waals surface area contributed by atoms with Gasteiger partial charge in [-0.05, 0) is 38.2 Å². The monoisotopic (exact) mass is 1000 g/mol. The molecule has 1 aromatic carbocycles. The second-order valence-electron chi connectivity index (χ2n) is 16.3. The Morgan fingerprint density at radius 3 is 2.03 bits per heavy atom. The number of aliphatic imine (C=N–C) groups is 1. The van der Waals surface area contributed by atoms with E-state index in [-0.39, 0.29) is 57.6 Å². The van der Waals surface area contributed by atoms with E-state index in [2.05, 4.69) is 52.2 Å². The summed E-state index contributed by atoms with van der Waals surface area (Å²) in [6, 6.07) is -4.08. The van der Waals surface area contributed by atoms with Crippen molar-refractivity contribution in [1.82, 2.24) is 52.1 Å². The highest BCUT2D eigenvalue weighted by Crippen LogP contribution is 2.20. The number of guanidine groups is 1. The summed E-state index contributed by atoms with van der Waals surface area (Å²) in [6.07, 6.45) is -0.136. The highest BCUT2D eigenvalue weighted by Gasteiger charge is 2.40. The van der Waals surface area contributed by atoms with Crippen molar-refractivity contribution in [1.29, 1.82) is 0 Å². The first-order valence-corrected chi connectivity index (χ1v) is 22.2. The fourth-order valence-electron chi connectivity index (χ4n) is 7.08. The minimum atomic E-state index is -1.80. The molecule has 19 N–H and O–H groups in total. The Balaban J connectivity index is 1.76. The Morgan fingerprint density at radius 2 is 1.44 bits per heavy atom. The summed E-state index contributed by atoms with van der Waals surface area (Å²) in [4.78, 5) is 142. The second-order valence-corrected chi connectivity index (χ2v) is 16.3. The number of H-pyrrole nitrogens is 1. The topological polar surface area (TPSA) is 478 Å². The molecule has 1 saturated heterocycles. The van der Waals surface area contributed by atoms with Gasteiger partial charge in [-0.25, -0.2) is 9.78 Å². The van der Waals surface area contributed by atoms with E-state index in [1.807, 2.05) is 0 Å². The third kappa shape index (κ3) is 18.9. The number of aromatic amines is 1. The maximum absolute atomic E-state index is 14.2. The van der Waals surface area contributed by atoms with Crippen molar-refractivity contribution in [2.75, 3.05) is 32.8 Å². The van der Waals surface area contributed by atoms with Gasteiger partial charge in [-0.2, -0.15) is 0 Å². The third-order valence-electron chi connectivity index (χ3n) is 10.8. The summed E-state index contributed by atoms with van der Waals surface area (Å²) in [5.74, 6) is -11.2. The lowest BCUT2D eigenvalue weighted by Crippen LogP contribution is -2.62. The van der Waals surface area contributed by atoms with Crippen molar-refractivity contribution in [2.24, 2.45) is 22.2 Å². The average molecular weight is 1000 g/mol. The van der Waals surface area contributed by atoms with E-state index in [4.69, 9.17) is 17.2 Å². The first-order chi connectivity index (χ1) is 33.6. The van der Waals surface area contributed by atoms with Gasteiger partial charge in [0.05, 0.1) is 38.6 Å². The van der Waals surface area contributed by atoms with Crippen molar-refractivity contribution in [3.05, 3.63) is 54.1 Å². The molecule has 1 aliphatic heterocycles. The molecular formula is C42H62N14O15. The number of rotatable bonds is 29. The van der Waals surface area contributed by atoms with Crippen LogP contribution in [0.2, 0.25) is 0 Å². The molecule has 1 aliphatic rings. The number of amides is 8. The van der Waals surface area contributed by atoms with Gasteiger partial charge in [0, 0.05) is 37.8 Å². The number of carboxylic acid groups (broad SMARTS) is 2. The number of imidazole rings is 1. The molecule has 2 aromatic rings. The van der Waals surface area contributed by atoms with Gasteiger partial charge in [-0.15, -0.1) is 0 Å². The highest BCUT2D eigenvalue weighted by molar-refractivity contribution is 5.98. The van der Waals surface area contributed by atoms with Crippen LogP contribution in [-0.4, -0.2) is 193 Å². The molecule has 29 heteroatoms. The normalized spacial score (nSPS) is 16.5. The maximum Gasteiger partial charge on any atom is 0.326 e. The van der Waals surface area contributed by atoms with E-state index in [0.717, 1.165) is 11.8 Å². The van der Waals surface area contributed by atoms with Crippen LogP contribution in [0.5, 0.6) is 0 Å². The number of hydrogen-bond acceptors (Lipinski definition) is 16. The van der Waals surface area contributed by atoms with Crippen molar-refractivity contribution in [2.45, 2.75) is 106 Å². The van der Waals surface area contributed by atoms with Crippen LogP contribution in [0.4, 0.5) is 0 Å². The number of aliphatic carboxylic acids is 2. The molecule has 0 radical (unpaired) electrons. The maximum atomic E-state index is 14.2. The van der Waals surface area contributed by atoms with Crippen LogP contribution >= 0.6 is 0 Å². The molecule has 3 rings (SSSR count). The molecule has 1 aromatic heterocycles. The van der Waals surface area contributed by atoms with E-state index >= 15 is 0 Å². The van der Waals surface area contributed by atoms with Gasteiger partial charge in [0.1, 0.15) is 48.3 Å². The molecule has 390 valence electrons. The number of aliphatic hydroxyl groups excluding tert-OH is 3. The minimum absolute atomic E-state index is 0.00919. The number of aliphatic hydroxyl groups is 3. The fourth-order valence-corrected chi connectivity index (χ4v) is 7.08. The average Bonchev–Trinajstić information content (AvgIpc) is 4.04. The number of nitrogens with zero attached hydrogens (tertiary/aromatic N) is 3. The Kier molecular flexibility index (Phi) is 23.2. The predicted octanol–water partition coefficient (Wildman–Crippen LogP) is -7.48. The van der Waals surface area contributed by atoms with E-state index in [1.165, 1.54) is 12.5 Å². The van der Waals surface area contributed by atoms with Gasteiger partial charge >= 0.3 is 11.9 Å². The molecular weight excluding hydrogens is 941 g/mol. The lowest BCUT2D eigenvalue weighted by atomic mass is 10.0. The number of likely N-dealkylation sites (tertiary alicyclic amines) is 1. The van der Waals surface area contributed by atoms with Crippen LogP contribution in [0.15, 0.2) is 47.8 Å². The number of carboxylic acids is 2. The predicted molar refractivity (Wildman–Crippen MR) is 245 cm³/mol. The molecule has 0 bridgehead atoms. The second kappa shape index (κ2) is 28.7. The number of benzene rings is 1. The summed E-state index contributed by atoms with van der Waals surface area (Å²) in [6.45, 7) is -1.42. The number of aromatic nitrogens is 2. The summed E-state index contributed by atoms with van der Waals surface area (Å²) in [7, 11) is 0. The molecule has 2 heterocycles. The zero-order valence-corrected chi connectivity index (χ0v) is 38.6. The van der Waals surface area contributed by atoms with Crippen molar-refractivity contribution in [3.63, 3.8) is 0 Å². The van der Waals surface area contributed by atoms with E-state index in [9.17, 15) is 73.5 Å². The number of carbonyl (C=O) groups excluding carboxylic acids is 8. The van der Waals surface area contributed by atoms with Crippen LogP contribution in [0.3, 0.4) is 0 Å². The number of hydrogen-bond donors (Lipinski definition) is 16. The summed E-state index contributed by atoms with van der Waals surface area (Å²) >= 11 is 0. The lowest BCUT2D eigenvalue weighted by molar-refractivity contribution is -0.143. The Hall–Kier alpha value is -7.76. The number of nitrogens with two attached hydrogens (primary N) is 3. The largest absolute Gasteiger partial charge is 0.481 e. The zero-order chi connectivity index (χ0) is 52.8. The smallest absolute Gasteiger partial charge is 0.326 e. The molecule has 0 saturated carbocycles. The highest BCUT2D eigenvalue weighted by atomic mass is 16.4. The van der Waals surface area contributed by atoms with Crippen LogP contribution in [-0.2, 0) is 60.8 Å². The van der Waals surface area contributed by atoms with Crippen LogP contribution in [0, 0.1) is 0 Å². The molecule has 29 nitrogen and oxygen atoms in total. The summed E-state index contributed by atoms with van der Waals surface area (Å²) < 4.78 is 0. The third-order valence-corrected chi connectivity index (χ3v) is 10.8. The van der Waals surface area contributed by atoms with Crippen molar-refractivity contribution >= 4 is 65.2 Å². The number of nitrogens with one attached hydrogen (secondary N) is 8. The minimum Gasteiger partial charge on any atom is -0.481 e. The molecule has 1 fully saturated rings. The first kappa shape index (κ1) is 57.6. The van der Waals surface area contributed by atoms with Gasteiger partial charge in [0.15, 0.2) is 5.96 Å². The fraction of sp³-hybridized carbons (Fsp3) is 0.524. The lowest BCUT2D eigenvalue weighted by Gasteiger charge is -2.31. The summed E-state index contributed by atoms with van der Waals surface area (Å²) in [5.41, 5.74) is 17.2.